The molecule has 0 aromatic heterocycles. The number of hydrogen-bond donors (Lipinski definition) is 0. The van der Waals surface area contributed by atoms with Gasteiger partial charge in [-0.05, 0) is 24.2 Å². The summed E-state index contributed by atoms with van der Waals surface area (Å²) in [7, 11) is 0.659. The summed E-state index contributed by atoms with van der Waals surface area (Å²) in [6.45, 7) is 14.6. The second-order valence-corrected chi connectivity index (χ2v) is 14.9. The molecule has 0 aliphatic carbocycles. The van der Waals surface area contributed by atoms with Gasteiger partial charge in [-0.1, -0.05) is 50.0 Å². The standard InChI is InChI=1S/C18H28NSi3.CHO.H2N.Pt/c1-5-19(13-11-17-9-7-6-8-10-17)14-12-18(19)22(20-2)16-15-21(3)4;1-2;;/h6-11,13,16,18H,1,5,12,14-15H2,2-4H3;1H;1H2;/q;2*-1;/b13-11?,22-16+;;;/i;1D;;. The second kappa shape index (κ2) is 14.8. The van der Waals surface area contributed by atoms with Gasteiger partial charge in [0.2, 0.25) is 0 Å². The Bertz CT molecular complexity index is 584. The van der Waals surface area contributed by atoms with Crippen LogP contribution >= 0.6 is 0 Å². The molecule has 0 bridgehead atoms. The molecule has 1 aliphatic rings. The molecule has 3 radical (unpaired) electrons. The monoisotopic (exact) mass is 583 g/mol. The Morgan fingerprint density at radius 3 is 2.46 bits per heavy atom. The van der Waals surface area contributed by atoms with Gasteiger partial charge in [0.25, 0.3) is 0 Å². The summed E-state index contributed by atoms with van der Waals surface area (Å²) in [6.07, 6.45) is 6.15. The Morgan fingerprint density at radius 1 is 1.42 bits per heavy atom. The first-order valence-electron chi connectivity index (χ1n) is 8.88. The minimum Gasteiger partial charge on any atom is -0.693 e. The zero-order chi connectivity index (χ0) is 18.7. The molecule has 2 unspecified atom stereocenters. The first-order chi connectivity index (χ1) is 12.0. The maximum atomic E-state index is 8.35. The van der Waals surface area contributed by atoms with Crippen molar-refractivity contribution in [2.75, 3.05) is 13.1 Å². The molecule has 1 saturated heterocycles. The number of likely N-dealkylation sites (tertiary alicyclic amines) is 1. The van der Waals surface area contributed by atoms with Crippen LogP contribution in [0.3, 0.4) is 0 Å². The summed E-state index contributed by atoms with van der Waals surface area (Å²) in [5, 5.41) is 0. The number of rotatable bonds is 7. The molecule has 2 N–H and O–H groups in total. The fourth-order valence-corrected chi connectivity index (χ4v) is 11.5. The van der Waals surface area contributed by atoms with Gasteiger partial charge < -0.3 is 15.4 Å². The molecule has 0 amide bonds. The van der Waals surface area contributed by atoms with Gasteiger partial charge in [0.05, 0.1) is 35.4 Å². The molecule has 2 atom stereocenters. The Hall–Kier alpha value is -0.241. The van der Waals surface area contributed by atoms with Crippen LogP contribution in [0.2, 0.25) is 25.7 Å². The Labute approximate surface area is 181 Å². The number of nitrogens with two attached hydrogens (primary N) is 1. The molecule has 1 aromatic rings. The van der Waals surface area contributed by atoms with E-state index in [1.54, 1.807) is 0 Å². The molecule has 147 valence electrons. The zero-order valence-electron chi connectivity index (χ0n) is 17.0. The summed E-state index contributed by atoms with van der Waals surface area (Å²) in [4.78, 5) is 8.35. The van der Waals surface area contributed by atoms with Crippen molar-refractivity contribution in [1.29, 1.82) is 0 Å². The van der Waals surface area contributed by atoms with E-state index in [9.17, 15) is 0 Å². The van der Waals surface area contributed by atoms with Crippen molar-refractivity contribution in [2.45, 2.75) is 37.8 Å². The quantitative estimate of drug-likeness (QED) is 0.208. The maximum absolute atomic E-state index is 8.35. The van der Waals surface area contributed by atoms with Crippen molar-refractivity contribution >= 4 is 44.3 Å². The summed E-state index contributed by atoms with van der Waals surface area (Å²) in [5.41, 5.74) is 4.90. The summed E-state index contributed by atoms with van der Waals surface area (Å²) in [6, 6.07) is 12.1. The molecule has 0 spiro atoms. The third kappa shape index (κ3) is 7.79. The van der Waals surface area contributed by atoms with Crippen molar-refractivity contribution in [1.82, 2.24) is 0 Å². The van der Waals surface area contributed by atoms with Crippen molar-refractivity contribution in [3.05, 3.63) is 55.2 Å². The number of quaternary nitrogens is 1. The first kappa shape index (κ1) is 25.8. The van der Waals surface area contributed by atoms with E-state index in [4.69, 9.17) is 6.17 Å². The fourth-order valence-electron chi connectivity index (χ4n) is 3.06. The molecule has 1 heterocycles. The molecule has 1 fully saturated rings. The van der Waals surface area contributed by atoms with Gasteiger partial charge in [0.1, 0.15) is 0 Å². The normalized spacial score (nSPS) is 22.3. The van der Waals surface area contributed by atoms with Crippen molar-refractivity contribution in [3.63, 3.8) is 0 Å². The van der Waals surface area contributed by atoms with Crippen molar-refractivity contribution in [2.24, 2.45) is 0 Å². The Morgan fingerprint density at radius 2 is 2.04 bits per heavy atom. The Kier molecular flexibility index (Phi) is 14.6. The molecule has 7 heteroatoms. The minimum atomic E-state index is -0.333. The third-order valence-electron chi connectivity index (χ3n) is 4.60. The summed E-state index contributed by atoms with van der Waals surface area (Å²) in [5.74, 6) is 0. The van der Waals surface area contributed by atoms with Gasteiger partial charge >= 0.3 is 0 Å². The van der Waals surface area contributed by atoms with E-state index in [0.717, 1.165) is 32.5 Å². The van der Waals surface area contributed by atoms with E-state index in [1.165, 1.54) is 24.6 Å². The van der Waals surface area contributed by atoms with E-state index < -0.39 is 0 Å². The molecular weight excluding hydrogens is 552 g/mol. The predicted octanol–water partition coefficient (Wildman–Crippen LogP) is 3.94. The molecule has 0 saturated carbocycles. The van der Waals surface area contributed by atoms with Crippen LogP contribution < -0.4 is 0 Å². The van der Waals surface area contributed by atoms with Crippen LogP contribution in [0.4, 0.5) is 0 Å². The zero-order valence-corrected chi connectivity index (χ0v) is 21.3. The van der Waals surface area contributed by atoms with Crippen LogP contribution in [0.5, 0.6) is 0 Å². The smallest absolute Gasteiger partial charge is 0.0945 e. The average Bonchev–Trinajstić information content (AvgIpc) is 2.59. The van der Waals surface area contributed by atoms with Crippen LogP contribution in [0.15, 0.2) is 36.5 Å². The molecular formula is C19H31N2OPtSi3-2. The summed E-state index contributed by atoms with van der Waals surface area (Å²) < 4.78 is 6.52. The summed E-state index contributed by atoms with van der Waals surface area (Å²) >= 11 is 0. The minimum absolute atomic E-state index is 0. The molecule has 26 heavy (non-hydrogen) atoms. The Balaban J connectivity index is 0. The molecule has 2 rings (SSSR count). The predicted molar refractivity (Wildman–Crippen MR) is 117 cm³/mol. The number of hydrogen-bond acceptors (Lipinski definition) is 1. The van der Waals surface area contributed by atoms with E-state index in [2.05, 4.69) is 74.8 Å². The number of nitrogens with zero attached hydrogens (tertiary/aromatic N) is 1. The van der Waals surface area contributed by atoms with Gasteiger partial charge in [-0.3, -0.25) is 13.7 Å². The first-order valence-corrected chi connectivity index (χ1v) is 15.2. The van der Waals surface area contributed by atoms with E-state index in [1.807, 2.05) is 0 Å². The largest absolute Gasteiger partial charge is 0.693 e. The van der Waals surface area contributed by atoms with Crippen LogP contribution in [0.25, 0.3) is 12.2 Å². The van der Waals surface area contributed by atoms with Crippen molar-refractivity contribution in [3.8, 4) is 0 Å². The van der Waals surface area contributed by atoms with Gasteiger partial charge in [0, 0.05) is 36.3 Å². The fraction of sp³-hybridized carbons (Fsp3) is 0.421. The third-order valence-corrected chi connectivity index (χ3v) is 12.1. The molecule has 1 aromatic carbocycles. The van der Waals surface area contributed by atoms with Crippen LogP contribution in [-0.2, 0) is 25.9 Å². The van der Waals surface area contributed by atoms with Crippen LogP contribution in [-0.4, -0.2) is 61.4 Å². The van der Waals surface area contributed by atoms with Gasteiger partial charge in [0.15, 0.2) is 0 Å². The van der Waals surface area contributed by atoms with E-state index in [0.29, 0.717) is 0 Å². The van der Waals surface area contributed by atoms with E-state index >= 15 is 0 Å². The van der Waals surface area contributed by atoms with Crippen molar-refractivity contribution < 1.29 is 31.7 Å². The van der Waals surface area contributed by atoms with Crippen LogP contribution in [0.1, 0.15) is 13.4 Å². The van der Waals surface area contributed by atoms with E-state index in [-0.39, 0.29) is 43.9 Å². The molecule has 1 aliphatic heterocycles. The topological polar surface area (TPSA) is 50.6 Å². The second-order valence-electron chi connectivity index (χ2n) is 6.40. The number of benzene rings is 1. The average molecular weight is 584 g/mol. The number of carbonyl (C=O) groups excluding carboxylic acids is 1. The van der Waals surface area contributed by atoms with Crippen LogP contribution in [0, 0.1) is 6.92 Å². The maximum Gasteiger partial charge on any atom is 0.0945 e. The van der Waals surface area contributed by atoms with Gasteiger partial charge in [-0.2, -0.15) is 1.37 Å². The van der Waals surface area contributed by atoms with Gasteiger partial charge in [-0.15, -0.1) is 5.67 Å². The SMILES string of the molecule is [2H][C-]=O.[CH2-]C[N+]1(C=Cc2ccccc2)CCC1/[Si](=C\C[Si](C)C)[Si]C.[NH2-].[Pt]. The van der Waals surface area contributed by atoms with Gasteiger partial charge in [-0.25, -0.2) is 0 Å². The molecule has 3 nitrogen and oxygen atoms in total.